The second-order valence-electron chi connectivity index (χ2n) is 3.80. The maximum atomic E-state index is 10.8. The van der Waals surface area contributed by atoms with Gasteiger partial charge in [0.15, 0.2) is 0 Å². The van der Waals surface area contributed by atoms with Crippen LogP contribution in [0.4, 0.5) is 0 Å². The summed E-state index contributed by atoms with van der Waals surface area (Å²) in [6.07, 6.45) is 0.471. The zero-order valence-corrected chi connectivity index (χ0v) is 11.7. The first-order chi connectivity index (χ1) is 7.37. The van der Waals surface area contributed by atoms with E-state index in [-0.39, 0.29) is 5.75 Å². The van der Waals surface area contributed by atoms with Crippen LogP contribution in [0.5, 0.6) is 0 Å². The Morgan fingerprint density at radius 3 is 2.25 bits per heavy atom. The van der Waals surface area contributed by atoms with E-state index in [1.54, 1.807) is 11.8 Å². The molecule has 0 unspecified atom stereocenters. The van der Waals surface area contributed by atoms with E-state index in [1.165, 1.54) is 4.90 Å². The monoisotopic (exact) mass is 278 g/mol. The van der Waals surface area contributed by atoms with Crippen LogP contribution in [-0.4, -0.2) is 19.4 Å². The molecule has 0 N–H and O–H groups in total. The van der Waals surface area contributed by atoms with Crippen LogP contribution in [0.15, 0.2) is 29.2 Å². The Morgan fingerprint density at radius 2 is 1.81 bits per heavy atom. The summed E-state index contributed by atoms with van der Waals surface area (Å²) in [5, 5.41) is 0.550. The third-order valence-corrected chi connectivity index (χ3v) is 4.10. The van der Waals surface area contributed by atoms with Crippen LogP contribution in [0.25, 0.3) is 0 Å². The normalized spacial score (nSPS) is 12.0. The van der Waals surface area contributed by atoms with E-state index in [9.17, 15) is 8.42 Å². The lowest BCUT2D eigenvalue weighted by Gasteiger charge is -2.05. The number of benzene rings is 1. The lowest BCUT2D eigenvalue weighted by molar-refractivity contribution is 0.609. The lowest BCUT2D eigenvalue weighted by atomic mass is 10.2. The van der Waals surface area contributed by atoms with E-state index in [0.717, 1.165) is 5.56 Å². The van der Waals surface area contributed by atoms with Crippen molar-refractivity contribution in [2.45, 2.75) is 30.4 Å². The zero-order valence-electron chi connectivity index (χ0n) is 9.31. The van der Waals surface area contributed by atoms with Gasteiger partial charge in [0.1, 0.15) is 0 Å². The minimum atomic E-state index is -3.38. The first kappa shape index (κ1) is 13.9. The number of halogens is 1. The Morgan fingerprint density at radius 1 is 1.25 bits per heavy atom. The molecule has 0 radical (unpaired) electrons. The highest BCUT2D eigenvalue weighted by Gasteiger charge is 2.05. The molecule has 0 aliphatic carbocycles. The van der Waals surface area contributed by atoms with Gasteiger partial charge in [-0.2, -0.15) is 0 Å². The fraction of sp³-hybridized carbons (Fsp3) is 0.455. The molecule has 0 saturated carbocycles. The first-order valence-corrected chi connectivity index (χ1v) is 8.40. The molecule has 1 rings (SSSR count). The quantitative estimate of drug-likeness (QED) is 0.612. The van der Waals surface area contributed by atoms with Crippen molar-refractivity contribution in [3.63, 3.8) is 0 Å². The Balaban J connectivity index is 2.58. The predicted octanol–water partition coefficient (Wildman–Crippen LogP) is 3.30. The summed E-state index contributed by atoms with van der Waals surface area (Å²) in [7, 11) is 1.77. The maximum Gasteiger partial charge on any atom is 0.232 e. The highest BCUT2D eigenvalue weighted by molar-refractivity contribution is 8.13. The summed E-state index contributed by atoms with van der Waals surface area (Å²) in [5.41, 5.74) is 0.998. The second-order valence-corrected chi connectivity index (χ2v) is 8.35. The van der Waals surface area contributed by atoms with Crippen molar-refractivity contribution in [1.29, 1.82) is 0 Å². The van der Waals surface area contributed by atoms with Crippen molar-refractivity contribution in [2.24, 2.45) is 0 Å². The van der Waals surface area contributed by atoms with Crippen molar-refractivity contribution in [3.8, 4) is 0 Å². The minimum Gasteiger partial charge on any atom is -0.212 e. The maximum absolute atomic E-state index is 10.8. The molecule has 0 aromatic heterocycles. The highest BCUT2D eigenvalue weighted by atomic mass is 35.7. The largest absolute Gasteiger partial charge is 0.232 e. The summed E-state index contributed by atoms with van der Waals surface area (Å²) in [4.78, 5) is 1.20. The number of rotatable bonds is 5. The number of hydrogen-bond acceptors (Lipinski definition) is 3. The van der Waals surface area contributed by atoms with Gasteiger partial charge in [0.25, 0.3) is 0 Å². The summed E-state index contributed by atoms with van der Waals surface area (Å²) in [6, 6.07) is 7.93. The van der Waals surface area contributed by atoms with Crippen LogP contribution >= 0.6 is 22.4 Å². The second kappa shape index (κ2) is 5.94. The van der Waals surface area contributed by atoms with Crippen molar-refractivity contribution in [3.05, 3.63) is 29.8 Å². The van der Waals surface area contributed by atoms with Gasteiger partial charge in [0.2, 0.25) is 9.05 Å². The molecular weight excluding hydrogens is 264 g/mol. The van der Waals surface area contributed by atoms with Crippen molar-refractivity contribution >= 4 is 31.5 Å². The highest BCUT2D eigenvalue weighted by Crippen LogP contribution is 2.23. The molecule has 90 valence electrons. The van der Waals surface area contributed by atoms with Gasteiger partial charge in [-0.3, -0.25) is 0 Å². The van der Waals surface area contributed by atoms with Crippen LogP contribution in [0.3, 0.4) is 0 Å². The van der Waals surface area contributed by atoms with Crippen molar-refractivity contribution < 1.29 is 8.42 Å². The van der Waals surface area contributed by atoms with E-state index in [2.05, 4.69) is 13.8 Å². The zero-order chi connectivity index (χ0) is 12.2. The lowest BCUT2D eigenvalue weighted by Crippen LogP contribution is -2.00. The number of hydrogen-bond donors (Lipinski definition) is 0. The van der Waals surface area contributed by atoms with E-state index in [0.29, 0.717) is 11.7 Å². The fourth-order valence-corrected chi connectivity index (χ4v) is 2.80. The van der Waals surface area contributed by atoms with E-state index >= 15 is 0 Å². The molecule has 2 nitrogen and oxygen atoms in total. The molecule has 0 aliphatic rings. The molecule has 1 aromatic carbocycles. The molecule has 0 fully saturated rings. The summed E-state index contributed by atoms with van der Waals surface area (Å²) < 4.78 is 21.6. The van der Waals surface area contributed by atoms with Crippen molar-refractivity contribution in [2.75, 3.05) is 5.75 Å². The van der Waals surface area contributed by atoms with Gasteiger partial charge < -0.3 is 0 Å². The Kier molecular flexibility index (Phi) is 5.15. The predicted molar refractivity (Wildman–Crippen MR) is 70.8 cm³/mol. The average molecular weight is 279 g/mol. The summed E-state index contributed by atoms with van der Waals surface area (Å²) in [5.74, 6) is -0.00870. The third kappa shape index (κ3) is 5.77. The summed E-state index contributed by atoms with van der Waals surface area (Å²) in [6.45, 7) is 4.28. The molecule has 0 aliphatic heterocycles. The van der Waals surface area contributed by atoms with Gasteiger partial charge in [-0.25, -0.2) is 8.42 Å². The van der Waals surface area contributed by atoms with Gasteiger partial charge in [-0.15, -0.1) is 11.8 Å². The molecule has 16 heavy (non-hydrogen) atoms. The van der Waals surface area contributed by atoms with Crippen LogP contribution in [0.1, 0.15) is 19.4 Å². The van der Waals surface area contributed by atoms with Crippen LogP contribution < -0.4 is 0 Å². The molecule has 0 bridgehead atoms. The number of thioether (sulfide) groups is 1. The minimum absolute atomic E-state index is 0.00870. The first-order valence-electron chi connectivity index (χ1n) is 5.05. The summed E-state index contributed by atoms with van der Waals surface area (Å²) >= 11 is 1.79. The topological polar surface area (TPSA) is 34.1 Å². The van der Waals surface area contributed by atoms with Gasteiger partial charge in [0, 0.05) is 20.8 Å². The van der Waals surface area contributed by atoms with Gasteiger partial charge >= 0.3 is 0 Å². The van der Waals surface area contributed by atoms with E-state index < -0.39 is 9.05 Å². The molecule has 0 saturated heterocycles. The SMILES string of the molecule is CC(C)Sc1ccc(CCS(=O)(=O)Cl)cc1. The van der Waals surface area contributed by atoms with Gasteiger partial charge in [-0.1, -0.05) is 26.0 Å². The third-order valence-electron chi connectivity index (χ3n) is 1.93. The number of aryl methyl sites for hydroxylation is 1. The average Bonchev–Trinajstić information content (AvgIpc) is 2.14. The van der Waals surface area contributed by atoms with E-state index in [1.807, 2.05) is 24.3 Å². The van der Waals surface area contributed by atoms with Crippen LogP contribution in [-0.2, 0) is 15.5 Å². The van der Waals surface area contributed by atoms with Crippen molar-refractivity contribution in [1.82, 2.24) is 0 Å². The van der Waals surface area contributed by atoms with Crippen LogP contribution in [0, 0.1) is 0 Å². The molecule has 5 heteroatoms. The standard InChI is InChI=1S/C11H15ClO2S2/c1-9(2)15-11-5-3-10(4-6-11)7-8-16(12,13)14/h3-6,9H,7-8H2,1-2H3. The fourth-order valence-electron chi connectivity index (χ4n) is 1.25. The molecular formula is C11H15ClO2S2. The molecule has 0 atom stereocenters. The molecule has 1 aromatic rings. The van der Waals surface area contributed by atoms with E-state index in [4.69, 9.17) is 10.7 Å². The van der Waals surface area contributed by atoms with Gasteiger partial charge in [-0.05, 0) is 24.1 Å². The van der Waals surface area contributed by atoms with Gasteiger partial charge in [0.05, 0.1) is 5.75 Å². The Labute approximate surface area is 106 Å². The Hall–Kier alpha value is -0.190. The molecule has 0 heterocycles. The smallest absolute Gasteiger partial charge is 0.212 e. The Bertz CT molecular complexity index is 424. The molecule has 0 spiro atoms. The van der Waals surface area contributed by atoms with Crippen LogP contribution in [0.2, 0.25) is 0 Å². The molecule has 0 amide bonds.